The molecule has 0 aromatic heterocycles. The maximum Gasteiger partial charge on any atom is 0.254 e. The minimum absolute atomic E-state index is 0.0303. The highest BCUT2D eigenvalue weighted by Crippen LogP contribution is 2.19. The molecule has 7 nitrogen and oxygen atoms in total. The molecular weight excluding hydrogens is 404 g/mol. The minimum atomic E-state index is -0.271. The van der Waals surface area contributed by atoms with E-state index in [0.717, 1.165) is 18.7 Å². The molecular formula is C22H25ClN4O3. The molecule has 1 saturated heterocycles. The fourth-order valence-electron chi connectivity index (χ4n) is 3.29. The Kier molecular flexibility index (Phi) is 7.43. The van der Waals surface area contributed by atoms with Crippen LogP contribution in [0.4, 0.5) is 5.69 Å². The SMILES string of the molecule is CC(=O)Nc1ccc(C(=O)N(CC(=O)N2CCNCC2)Cc2ccccc2Cl)cc1. The van der Waals surface area contributed by atoms with Crippen LogP contribution in [0, 0.1) is 0 Å². The number of amides is 3. The van der Waals surface area contributed by atoms with Crippen LogP contribution in [0.5, 0.6) is 0 Å². The number of carbonyl (C=O) groups is 3. The van der Waals surface area contributed by atoms with Crippen molar-refractivity contribution in [1.82, 2.24) is 15.1 Å². The Morgan fingerprint density at radius 3 is 2.37 bits per heavy atom. The predicted molar refractivity (Wildman–Crippen MR) is 116 cm³/mol. The zero-order valence-electron chi connectivity index (χ0n) is 16.9. The minimum Gasteiger partial charge on any atom is -0.339 e. The molecule has 2 N–H and O–H groups in total. The van der Waals surface area contributed by atoms with Crippen LogP contribution >= 0.6 is 11.6 Å². The van der Waals surface area contributed by atoms with Crippen molar-refractivity contribution in [2.24, 2.45) is 0 Å². The Hall–Kier alpha value is -2.90. The van der Waals surface area contributed by atoms with Gasteiger partial charge in [-0.1, -0.05) is 29.8 Å². The summed E-state index contributed by atoms with van der Waals surface area (Å²) < 4.78 is 0. The number of halogens is 1. The molecule has 1 heterocycles. The quantitative estimate of drug-likeness (QED) is 0.740. The Morgan fingerprint density at radius 1 is 1.07 bits per heavy atom. The van der Waals surface area contributed by atoms with Gasteiger partial charge in [-0.3, -0.25) is 14.4 Å². The molecule has 3 amide bonds. The highest BCUT2D eigenvalue weighted by Gasteiger charge is 2.24. The molecule has 1 fully saturated rings. The molecule has 0 atom stereocenters. The first kappa shape index (κ1) is 21.8. The van der Waals surface area contributed by atoms with Gasteiger partial charge in [0, 0.05) is 55.9 Å². The first-order valence-corrected chi connectivity index (χ1v) is 10.2. The van der Waals surface area contributed by atoms with Gasteiger partial charge >= 0.3 is 0 Å². The van der Waals surface area contributed by atoms with Crippen molar-refractivity contribution in [1.29, 1.82) is 0 Å². The van der Waals surface area contributed by atoms with Crippen molar-refractivity contribution >= 4 is 35.0 Å². The number of rotatable bonds is 6. The highest BCUT2D eigenvalue weighted by atomic mass is 35.5. The first-order chi connectivity index (χ1) is 14.4. The third-order valence-corrected chi connectivity index (χ3v) is 5.22. The van der Waals surface area contributed by atoms with Crippen molar-refractivity contribution < 1.29 is 14.4 Å². The van der Waals surface area contributed by atoms with E-state index in [1.807, 2.05) is 18.2 Å². The second-order valence-corrected chi connectivity index (χ2v) is 7.55. The lowest BCUT2D eigenvalue weighted by atomic mass is 10.1. The normalized spacial score (nSPS) is 13.6. The van der Waals surface area contributed by atoms with Gasteiger partial charge < -0.3 is 20.4 Å². The summed E-state index contributed by atoms with van der Waals surface area (Å²) in [5, 5.41) is 6.44. The van der Waals surface area contributed by atoms with E-state index in [2.05, 4.69) is 10.6 Å². The maximum atomic E-state index is 13.2. The van der Waals surface area contributed by atoms with Gasteiger partial charge in [0.05, 0.1) is 0 Å². The molecule has 1 aliphatic rings. The fraction of sp³-hybridized carbons (Fsp3) is 0.318. The van der Waals surface area contributed by atoms with Crippen LogP contribution in [0.25, 0.3) is 0 Å². The van der Waals surface area contributed by atoms with Gasteiger partial charge in [-0.2, -0.15) is 0 Å². The third kappa shape index (κ3) is 5.81. The number of benzene rings is 2. The van der Waals surface area contributed by atoms with Gasteiger partial charge in [-0.25, -0.2) is 0 Å². The Balaban J connectivity index is 1.80. The van der Waals surface area contributed by atoms with Crippen LogP contribution in [-0.2, 0) is 16.1 Å². The van der Waals surface area contributed by atoms with E-state index in [0.29, 0.717) is 29.4 Å². The number of hydrogen-bond donors (Lipinski definition) is 2. The van der Waals surface area contributed by atoms with Crippen LogP contribution in [0.15, 0.2) is 48.5 Å². The zero-order valence-corrected chi connectivity index (χ0v) is 17.6. The van der Waals surface area contributed by atoms with Crippen molar-refractivity contribution in [3.05, 3.63) is 64.7 Å². The van der Waals surface area contributed by atoms with Crippen LogP contribution < -0.4 is 10.6 Å². The van der Waals surface area contributed by atoms with E-state index in [1.165, 1.54) is 11.8 Å². The van der Waals surface area contributed by atoms with Crippen LogP contribution in [0.1, 0.15) is 22.8 Å². The summed E-state index contributed by atoms with van der Waals surface area (Å²) in [7, 11) is 0. The van der Waals surface area contributed by atoms with Crippen molar-refractivity contribution in [3.8, 4) is 0 Å². The number of nitrogens with one attached hydrogen (secondary N) is 2. The Morgan fingerprint density at radius 2 is 1.73 bits per heavy atom. The van der Waals surface area contributed by atoms with Gasteiger partial charge in [0.2, 0.25) is 11.8 Å². The molecule has 0 radical (unpaired) electrons. The number of carbonyl (C=O) groups excluding carboxylic acids is 3. The Labute approximate surface area is 181 Å². The van der Waals surface area contributed by atoms with Crippen LogP contribution in [0.3, 0.4) is 0 Å². The van der Waals surface area contributed by atoms with Gasteiger partial charge in [-0.05, 0) is 35.9 Å². The predicted octanol–water partition coefficient (Wildman–Crippen LogP) is 2.37. The molecule has 2 aromatic rings. The molecule has 3 rings (SSSR count). The van der Waals surface area contributed by atoms with Gasteiger partial charge in [-0.15, -0.1) is 0 Å². The lowest BCUT2D eigenvalue weighted by molar-refractivity contribution is -0.132. The molecule has 158 valence electrons. The van der Waals surface area contributed by atoms with E-state index in [9.17, 15) is 14.4 Å². The summed E-state index contributed by atoms with van der Waals surface area (Å²) in [6.07, 6.45) is 0. The summed E-state index contributed by atoms with van der Waals surface area (Å²) >= 11 is 6.29. The van der Waals surface area contributed by atoms with Crippen molar-refractivity contribution in [3.63, 3.8) is 0 Å². The Bertz CT molecular complexity index is 911. The summed E-state index contributed by atoms with van der Waals surface area (Å²) in [4.78, 5) is 40.5. The molecule has 2 aromatic carbocycles. The average molecular weight is 429 g/mol. The standard InChI is InChI=1S/C22H25ClN4O3/c1-16(28)25-19-8-6-17(7-9-19)22(30)27(14-18-4-2-3-5-20(18)23)15-21(29)26-12-10-24-11-13-26/h2-9,24H,10-15H2,1H3,(H,25,28). The van der Waals surface area contributed by atoms with Gasteiger partial charge in [0.1, 0.15) is 6.54 Å². The monoisotopic (exact) mass is 428 g/mol. The largest absolute Gasteiger partial charge is 0.339 e. The van der Waals surface area contributed by atoms with E-state index in [-0.39, 0.29) is 30.8 Å². The summed E-state index contributed by atoms with van der Waals surface area (Å²) in [6, 6.07) is 13.9. The maximum absolute atomic E-state index is 13.2. The van der Waals surface area contributed by atoms with Gasteiger partial charge in [0.15, 0.2) is 0 Å². The lowest BCUT2D eigenvalue weighted by Crippen LogP contribution is -2.50. The summed E-state index contributed by atoms with van der Waals surface area (Å²) in [6.45, 7) is 4.35. The summed E-state index contributed by atoms with van der Waals surface area (Å²) in [5.74, 6) is -0.546. The smallest absolute Gasteiger partial charge is 0.254 e. The van der Waals surface area contributed by atoms with Crippen LogP contribution in [0.2, 0.25) is 5.02 Å². The second kappa shape index (κ2) is 10.2. The number of anilines is 1. The fourth-order valence-corrected chi connectivity index (χ4v) is 3.49. The third-order valence-electron chi connectivity index (χ3n) is 4.85. The first-order valence-electron chi connectivity index (χ1n) is 9.83. The molecule has 0 saturated carbocycles. The lowest BCUT2D eigenvalue weighted by Gasteiger charge is -2.30. The van der Waals surface area contributed by atoms with Crippen LogP contribution in [-0.4, -0.2) is 60.2 Å². The van der Waals surface area contributed by atoms with Crippen molar-refractivity contribution in [2.45, 2.75) is 13.5 Å². The molecule has 1 aliphatic heterocycles. The number of hydrogen-bond acceptors (Lipinski definition) is 4. The average Bonchev–Trinajstić information content (AvgIpc) is 2.75. The van der Waals surface area contributed by atoms with E-state index < -0.39 is 0 Å². The van der Waals surface area contributed by atoms with Gasteiger partial charge in [0.25, 0.3) is 5.91 Å². The summed E-state index contributed by atoms with van der Waals surface area (Å²) in [5.41, 5.74) is 1.81. The molecule has 0 bridgehead atoms. The molecule has 0 aliphatic carbocycles. The van der Waals surface area contributed by atoms with E-state index >= 15 is 0 Å². The number of piperazine rings is 1. The van der Waals surface area contributed by atoms with E-state index in [4.69, 9.17) is 11.6 Å². The topological polar surface area (TPSA) is 81.8 Å². The molecule has 0 spiro atoms. The van der Waals surface area contributed by atoms with Crippen molar-refractivity contribution in [2.75, 3.05) is 38.0 Å². The van der Waals surface area contributed by atoms with E-state index in [1.54, 1.807) is 35.2 Å². The highest BCUT2D eigenvalue weighted by molar-refractivity contribution is 6.31. The molecule has 30 heavy (non-hydrogen) atoms. The zero-order chi connectivity index (χ0) is 21.5. The molecule has 0 unspecified atom stereocenters. The number of nitrogens with zero attached hydrogens (tertiary/aromatic N) is 2. The second-order valence-electron chi connectivity index (χ2n) is 7.14. The molecule has 8 heteroatoms.